The number of dihydropyridines is 1. The number of esters is 1. The molecular formula is C24H25NO5S. The third kappa shape index (κ3) is 3.74. The molecule has 0 radical (unpaired) electrons. The monoisotopic (exact) mass is 439 g/mol. The average Bonchev–Trinajstić information content (AvgIpc) is 3.31. The fraction of sp³-hybridized carbons (Fsp3) is 0.333. The van der Waals surface area contributed by atoms with Gasteiger partial charge >= 0.3 is 5.97 Å². The van der Waals surface area contributed by atoms with Gasteiger partial charge in [-0.1, -0.05) is 12.1 Å². The van der Waals surface area contributed by atoms with Gasteiger partial charge < -0.3 is 19.5 Å². The maximum atomic E-state index is 13.4. The Hall–Kier alpha value is -3.06. The lowest BCUT2D eigenvalue weighted by Crippen LogP contribution is -2.35. The Labute approximate surface area is 185 Å². The number of ether oxygens (including phenoxy) is 3. The summed E-state index contributed by atoms with van der Waals surface area (Å²) in [6.07, 6.45) is 1.04. The summed E-state index contributed by atoms with van der Waals surface area (Å²) in [6, 6.07) is 9.69. The Bertz CT molecular complexity index is 1080. The Kier molecular flexibility index (Phi) is 5.87. The average molecular weight is 440 g/mol. The van der Waals surface area contributed by atoms with Crippen LogP contribution in [-0.2, 0) is 14.3 Å². The molecule has 0 spiro atoms. The van der Waals surface area contributed by atoms with Crippen molar-refractivity contribution >= 4 is 23.1 Å². The van der Waals surface area contributed by atoms with Gasteiger partial charge in [0, 0.05) is 28.3 Å². The molecule has 0 bridgehead atoms. The number of ketones is 1. The Balaban J connectivity index is 1.75. The van der Waals surface area contributed by atoms with Gasteiger partial charge in [-0.3, -0.25) is 4.79 Å². The lowest BCUT2D eigenvalue weighted by atomic mass is 9.73. The van der Waals surface area contributed by atoms with Crippen molar-refractivity contribution in [3.8, 4) is 11.5 Å². The standard InChI is InChI=1S/C24H25NO5S/c1-13-21(24(27)30-4)23(20-6-5-9-31-20)22-16(25-13)10-15(11-17(22)26)14-7-8-18(28-2)19(12-14)29-3/h5-9,12,15,23,25H,10-11H2,1-4H3/t15-,23-/m0/s1. The highest BCUT2D eigenvalue weighted by Crippen LogP contribution is 2.47. The molecule has 162 valence electrons. The molecular weight excluding hydrogens is 414 g/mol. The molecule has 1 N–H and O–H groups in total. The summed E-state index contributed by atoms with van der Waals surface area (Å²) in [5, 5.41) is 5.30. The molecule has 2 atom stereocenters. The van der Waals surface area contributed by atoms with Crippen LogP contribution < -0.4 is 14.8 Å². The first-order chi connectivity index (χ1) is 15.0. The van der Waals surface area contributed by atoms with E-state index < -0.39 is 11.9 Å². The zero-order chi connectivity index (χ0) is 22.1. The van der Waals surface area contributed by atoms with E-state index in [-0.39, 0.29) is 11.7 Å². The number of allylic oxidation sites excluding steroid dienone is 3. The van der Waals surface area contributed by atoms with Gasteiger partial charge in [-0.05, 0) is 48.4 Å². The van der Waals surface area contributed by atoms with Crippen LogP contribution >= 0.6 is 11.3 Å². The first kappa shape index (κ1) is 21.2. The minimum Gasteiger partial charge on any atom is -0.493 e. The van der Waals surface area contributed by atoms with Crippen molar-refractivity contribution in [1.29, 1.82) is 0 Å². The second-order valence-electron chi connectivity index (χ2n) is 7.64. The van der Waals surface area contributed by atoms with E-state index in [2.05, 4.69) is 5.32 Å². The van der Waals surface area contributed by atoms with Crippen LogP contribution in [0.2, 0.25) is 0 Å². The predicted octanol–water partition coefficient (Wildman–Crippen LogP) is 4.30. The number of hydrogen-bond donors (Lipinski definition) is 1. The summed E-state index contributed by atoms with van der Waals surface area (Å²) in [6.45, 7) is 1.86. The first-order valence-corrected chi connectivity index (χ1v) is 10.9. The highest BCUT2D eigenvalue weighted by molar-refractivity contribution is 7.10. The zero-order valence-electron chi connectivity index (χ0n) is 18.0. The third-order valence-corrected chi connectivity index (χ3v) is 6.88. The molecule has 2 aromatic rings. The summed E-state index contributed by atoms with van der Waals surface area (Å²) < 4.78 is 15.8. The smallest absolute Gasteiger partial charge is 0.336 e. The van der Waals surface area contributed by atoms with E-state index in [0.29, 0.717) is 35.5 Å². The second kappa shape index (κ2) is 8.59. The van der Waals surface area contributed by atoms with Crippen LogP contribution in [-0.4, -0.2) is 33.1 Å². The van der Waals surface area contributed by atoms with E-state index in [1.807, 2.05) is 42.6 Å². The first-order valence-electron chi connectivity index (χ1n) is 10.1. The normalized spacial score (nSPS) is 20.8. The Morgan fingerprint density at radius 1 is 1.10 bits per heavy atom. The van der Waals surface area contributed by atoms with Crippen molar-refractivity contribution in [2.24, 2.45) is 0 Å². The van der Waals surface area contributed by atoms with Gasteiger partial charge in [-0.2, -0.15) is 0 Å². The lowest BCUT2D eigenvalue weighted by Gasteiger charge is -2.36. The molecule has 2 aliphatic rings. The van der Waals surface area contributed by atoms with Gasteiger partial charge in [0.15, 0.2) is 17.3 Å². The largest absolute Gasteiger partial charge is 0.493 e. The van der Waals surface area contributed by atoms with Crippen LogP contribution in [0.4, 0.5) is 0 Å². The van der Waals surface area contributed by atoms with Crippen molar-refractivity contribution < 1.29 is 23.8 Å². The third-order valence-electron chi connectivity index (χ3n) is 5.94. The van der Waals surface area contributed by atoms with Gasteiger partial charge in [0.05, 0.1) is 32.8 Å². The molecule has 31 heavy (non-hydrogen) atoms. The Morgan fingerprint density at radius 3 is 2.52 bits per heavy atom. The molecule has 0 unspecified atom stereocenters. The van der Waals surface area contributed by atoms with Gasteiger partial charge in [0.2, 0.25) is 0 Å². The van der Waals surface area contributed by atoms with E-state index >= 15 is 0 Å². The van der Waals surface area contributed by atoms with Gasteiger partial charge in [-0.15, -0.1) is 11.3 Å². The predicted molar refractivity (Wildman–Crippen MR) is 118 cm³/mol. The zero-order valence-corrected chi connectivity index (χ0v) is 18.8. The van der Waals surface area contributed by atoms with Gasteiger partial charge in [-0.25, -0.2) is 4.79 Å². The van der Waals surface area contributed by atoms with Crippen LogP contribution in [0.1, 0.15) is 42.0 Å². The summed E-state index contributed by atoms with van der Waals surface area (Å²) in [5.74, 6) is 0.538. The van der Waals surface area contributed by atoms with Crippen LogP contribution in [0, 0.1) is 0 Å². The highest BCUT2D eigenvalue weighted by atomic mass is 32.1. The molecule has 1 aromatic heterocycles. The number of nitrogens with one attached hydrogen (secondary N) is 1. The summed E-state index contributed by atoms with van der Waals surface area (Å²) in [7, 11) is 4.57. The molecule has 1 aliphatic carbocycles. The number of carbonyl (C=O) groups excluding carboxylic acids is 2. The molecule has 2 heterocycles. The molecule has 1 aromatic carbocycles. The van der Waals surface area contributed by atoms with Crippen molar-refractivity contribution in [1.82, 2.24) is 5.32 Å². The number of benzene rings is 1. The van der Waals surface area contributed by atoms with E-state index in [0.717, 1.165) is 21.8 Å². The van der Waals surface area contributed by atoms with E-state index in [4.69, 9.17) is 14.2 Å². The van der Waals surface area contributed by atoms with Crippen molar-refractivity contribution in [2.45, 2.75) is 31.6 Å². The summed E-state index contributed by atoms with van der Waals surface area (Å²) >= 11 is 1.54. The number of methoxy groups -OCH3 is 3. The van der Waals surface area contributed by atoms with E-state index in [9.17, 15) is 9.59 Å². The molecule has 0 fully saturated rings. The van der Waals surface area contributed by atoms with Crippen LogP contribution in [0.25, 0.3) is 0 Å². The molecule has 0 saturated heterocycles. The minimum atomic E-state index is -0.412. The van der Waals surface area contributed by atoms with Gasteiger partial charge in [0.1, 0.15) is 0 Å². The van der Waals surface area contributed by atoms with E-state index in [1.54, 1.807) is 25.6 Å². The molecule has 0 saturated carbocycles. The van der Waals surface area contributed by atoms with Crippen molar-refractivity contribution in [3.05, 3.63) is 68.7 Å². The molecule has 1 aliphatic heterocycles. The number of Topliss-reactive ketones (excluding diaryl/α,β-unsaturated/α-hetero) is 1. The molecule has 6 nitrogen and oxygen atoms in total. The minimum absolute atomic E-state index is 0.00928. The fourth-order valence-corrected chi connectivity index (χ4v) is 5.35. The van der Waals surface area contributed by atoms with Crippen molar-refractivity contribution in [3.63, 3.8) is 0 Å². The summed E-state index contributed by atoms with van der Waals surface area (Å²) in [4.78, 5) is 27.0. The number of rotatable bonds is 5. The van der Waals surface area contributed by atoms with Crippen LogP contribution in [0.3, 0.4) is 0 Å². The number of carbonyl (C=O) groups is 2. The van der Waals surface area contributed by atoms with E-state index in [1.165, 1.54) is 7.11 Å². The number of thiophene rings is 1. The van der Waals surface area contributed by atoms with Crippen molar-refractivity contribution in [2.75, 3.05) is 21.3 Å². The highest BCUT2D eigenvalue weighted by Gasteiger charge is 2.41. The van der Waals surface area contributed by atoms with Crippen LogP contribution in [0.5, 0.6) is 11.5 Å². The second-order valence-corrected chi connectivity index (χ2v) is 8.62. The molecule has 0 amide bonds. The number of hydrogen-bond acceptors (Lipinski definition) is 7. The Morgan fingerprint density at radius 2 is 1.87 bits per heavy atom. The molecule has 7 heteroatoms. The quantitative estimate of drug-likeness (QED) is 0.701. The van der Waals surface area contributed by atoms with Gasteiger partial charge in [0.25, 0.3) is 0 Å². The summed E-state index contributed by atoms with van der Waals surface area (Å²) in [5.41, 5.74) is 3.79. The lowest BCUT2D eigenvalue weighted by molar-refractivity contribution is -0.136. The SMILES string of the molecule is COC(=O)C1=C(C)NC2=C(C(=O)C[C@@H](c3ccc(OC)c(OC)c3)C2)[C@H]1c1cccs1. The topological polar surface area (TPSA) is 73.9 Å². The maximum absolute atomic E-state index is 13.4. The fourth-order valence-electron chi connectivity index (χ4n) is 4.50. The maximum Gasteiger partial charge on any atom is 0.336 e. The molecule has 4 rings (SSSR count). The van der Waals surface area contributed by atoms with Crippen LogP contribution in [0.15, 0.2) is 58.3 Å².